The third-order valence-electron chi connectivity index (χ3n) is 8.56. The Balaban J connectivity index is 1.20. The fourth-order valence-corrected chi connectivity index (χ4v) is 6.57. The Hall–Kier alpha value is -5.46. The van der Waals surface area contributed by atoms with Gasteiger partial charge >= 0.3 is 0 Å². The molecule has 0 saturated heterocycles. The Bertz CT molecular complexity index is 2060. The second kappa shape index (κ2) is 13.5. The molecule has 0 fully saturated rings. The summed E-state index contributed by atoms with van der Waals surface area (Å²) >= 11 is 7.25. The van der Waals surface area contributed by atoms with E-state index < -0.39 is 18.1 Å². The van der Waals surface area contributed by atoms with Crippen LogP contribution in [0.1, 0.15) is 50.4 Å². The Kier molecular flexibility index (Phi) is 8.67. The van der Waals surface area contributed by atoms with Crippen LogP contribution < -0.4 is 20.5 Å². The molecule has 0 spiro atoms. The Morgan fingerprint density at radius 1 is 0.723 bits per heavy atom. The summed E-state index contributed by atoms with van der Waals surface area (Å²) in [6.07, 6.45) is 2.44. The lowest BCUT2D eigenvalue weighted by Gasteiger charge is -2.34. The molecule has 1 aromatic heterocycles. The van der Waals surface area contributed by atoms with E-state index in [9.17, 15) is 4.79 Å². The Labute approximate surface area is 278 Å². The van der Waals surface area contributed by atoms with Crippen molar-refractivity contribution in [3.05, 3.63) is 178 Å². The van der Waals surface area contributed by atoms with Gasteiger partial charge in [0.2, 0.25) is 5.91 Å². The number of fused-ring (bicyclic) bond motifs is 2. The fourth-order valence-electron chi connectivity index (χ4n) is 6.24. The molecule has 1 heterocycles. The zero-order chi connectivity index (χ0) is 32.2. The van der Waals surface area contributed by atoms with Crippen LogP contribution in [0.15, 0.2) is 144 Å². The average molecular weight is 640 g/mol. The van der Waals surface area contributed by atoms with Crippen LogP contribution >= 0.6 is 11.6 Å². The number of aryl methyl sites for hydroxylation is 2. The van der Waals surface area contributed by atoms with Gasteiger partial charge in [0.1, 0.15) is 11.5 Å². The topological polar surface area (TPSA) is 89.4 Å². The zero-order valence-corrected chi connectivity index (χ0v) is 26.4. The second-order valence-corrected chi connectivity index (χ2v) is 12.0. The summed E-state index contributed by atoms with van der Waals surface area (Å²) < 4.78 is 13.1. The number of halogens is 1. The summed E-state index contributed by atoms with van der Waals surface area (Å²) in [4.78, 5) is 15.8. The molecule has 4 N–H and O–H groups in total. The highest BCUT2D eigenvalue weighted by Gasteiger charge is 2.36. The van der Waals surface area contributed by atoms with Gasteiger partial charge in [0.15, 0.2) is 12.2 Å². The van der Waals surface area contributed by atoms with Crippen molar-refractivity contribution in [1.29, 1.82) is 0 Å². The molecule has 1 amide bonds. The van der Waals surface area contributed by atoms with Gasteiger partial charge in [0.05, 0.1) is 10.7 Å². The fraction of sp³-hybridized carbons (Fsp3) is 0.125. The van der Waals surface area contributed by atoms with Crippen molar-refractivity contribution in [1.82, 2.24) is 10.3 Å². The first-order chi connectivity index (χ1) is 23.0. The number of ether oxygens (including phenoxy) is 2. The van der Waals surface area contributed by atoms with Gasteiger partial charge in [-0.1, -0.05) is 103 Å². The average Bonchev–Trinajstić information content (AvgIpc) is 3.52. The van der Waals surface area contributed by atoms with Crippen LogP contribution in [0.2, 0.25) is 0 Å². The number of aromatic amines is 1. The predicted octanol–water partition coefficient (Wildman–Crippen LogP) is 8.55. The molecule has 6 aromatic rings. The number of rotatable bonds is 11. The number of carbonyl (C=O) groups is 1. The highest BCUT2D eigenvalue weighted by Crippen LogP contribution is 2.45. The van der Waals surface area contributed by atoms with Crippen molar-refractivity contribution < 1.29 is 14.3 Å². The van der Waals surface area contributed by atoms with Crippen LogP contribution in [0.4, 0.5) is 0 Å². The maximum Gasteiger partial charge on any atom is 0.248 e. The molecule has 7 rings (SSSR count). The van der Waals surface area contributed by atoms with E-state index in [0.29, 0.717) is 29.3 Å². The van der Waals surface area contributed by atoms with E-state index in [1.165, 1.54) is 10.9 Å². The van der Waals surface area contributed by atoms with E-state index in [-0.39, 0.29) is 0 Å². The number of benzene rings is 5. The third kappa shape index (κ3) is 6.46. The maximum atomic E-state index is 12.4. The molecule has 1 aliphatic rings. The summed E-state index contributed by atoms with van der Waals surface area (Å²) in [5.41, 5.74) is 13.1. The van der Waals surface area contributed by atoms with Gasteiger partial charge in [-0.2, -0.15) is 0 Å². The lowest BCUT2D eigenvalue weighted by molar-refractivity contribution is 0.0999. The molecule has 0 radical (unpaired) electrons. The molecule has 47 heavy (non-hydrogen) atoms. The van der Waals surface area contributed by atoms with Gasteiger partial charge in [-0.05, 0) is 65.9 Å². The van der Waals surface area contributed by atoms with Crippen molar-refractivity contribution in [2.45, 2.75) is 31.6 Å². The predicted molar refractivity (Wildman–Crippen MR) is 186 cm³/mol. The SMILES string of the molecule is NC(=O)c1ccc(CNC2=C(Cl)C(Oc3ccccc3)c3ccccc3C2Oc2ccccc2)cc1CCc1c[nH]c2ccccc12. The van der Waals surface area contributed by atoms with Gasteiger partial charge < -0.3 is 25.5 Å². The van der Waals surface area contributed by atoms with Crippen LogP contribution in [-0.4, -0.2) is 10.9 Å². The van der Waals surface area contributed by atoms with Crippen LogP contribution in [0, 0.1) is 0 Å². The number of hydrogen-bond donors (Lipinski definition) is 3. The van der Waals surface area contributed by atoms with Crippen molar-refractivity contribution in [2.75, 3.05) is 0 Å². The van der Waals surface area contributed by atoms with Crippen LogP contribution in [0.3, 0.4) is 0 Å². The number of hydrogen-bond acceptors (Lipinski definition) is 4. The number of carbonyl (C=O) groups excluding carboxylic acids is 1. The minimum Gasteiger partial charge on any atom is -0.480 e. The van der Waals surface area contributed by atoms with Gasteiger partial charge in [0, 0.05) is 40.3 Å². The number of primary amides is 1. The third-order valence-corrected chi connectivity index (χ3v) is 8.96. The Morgan fingerprint density at radius 2 is 1.32 bits per heavy atom. The highest BCUT2D eigenvalue weighted by atomic mass is 35.5. The van der Waals surface area contributed by atoms with Gasteiger partial charge in [-0.15, -0.1) is 0 Å². The molecule has 6 nitrogen and oxygen atoms in total. The highest BCUT2D eigenvalue weighted by molar-refractivity contribution is 6.30. The standard InChI is InChI=1S/C40H34ClN3O3/c41-36-37(44-24-26-19-22-32(40(42)45)27(23-26)20-21-28-25-43-35-18-10-9-15-31(28)35)39(47-30-13-5-2-6-14-30)34-17-8-7-16-33(34)38(36)46-29-11-3-1-4-12-29/h1-19,22-23,25,38-39,43-44H,20-21,24H2,(H2,42,45). The van der Waals surface area contributed by atoms with E-state index in [1.54, 1.807) is 0 Å². The first-order valence-electron chi connectivity index (χ1n) is 15.7. The quantitative estimate of drug-likeness (QED) is 0.133. The second-order valence-electron chi connectivity index (χ2n) is 11.6. The van der Waals surface area contributed by atoms with Gasteiger partial charge in [0.25, 0.3) is 0 Å². The summed E-state index contributed by atoms with van der Waals surface area (Å²) in [6.45, 7) is 0.444. The maximum absolute atomic E-state index is 12.4. The van der Waals surface area contributed by atoms with Gasteiger partial charge in [-0.25, -0.2) is 0 Å². The van der Waals surface area contributed by atoms with E-state index in [4.69, 9.17) is 26.8 Å². The van der Waals surface area contributed by atoms with E-state index in [0.717, 1.165) is 45.6 Å². The molecule has 0 aliphatic heterocycles. The zero-order valence-electron chi connectivity index (χ0n) is 25.7. The smallest absolute Gasteiger partial charge is 0.248 e. The monoisotopic (exact) mass is 639 g/mol. The lowest BCUT2D eigenvalue weighted by Crippen LogP contribution is -2.31. The van der Waals surface area contributed by atoms with E-state index >= 15 is 0 Å². The lowest BCUT2D eigenvalue weighted by atomic mass is 9.89. The summed E-state index contributed by atoms with van der Waals surface area (Å²) in [7, 11) is 0. The first kappa shape index (κ1) is 30.2. The van der Waals surface area contributed by atoms with Crippen LogP contribution in [0.5, 0.6) is 11.5 Å². The van der Waals surface area contributed by atoms with Crippen molar-refractivity contribution in [3.63, 3.8) is 0 Å². The minimum absolute atomic E-state index is 0.440. The summed E-state index contributed by atoms with van der Waals surface area (Å²) in [5, 5.41) is 5.30. The number of H-pyrrole nitrogens is 1. The molecule has 1 aliphatic carbocycles. The molecular weight excluding hydrogens is 606 g/mol. The van der Waals surface area contributed by atoms with Gasteiger partial charge in [-0.3, -0.25) is 4.79 Å². The van der Waals surface area contributed by atoms with Crippen LogP contribution in [0.25, 0.3) is 10.9 Å². The van der Waals surface area contributed by atoms with Crippen molar-refractivity contribution in [3.8, 4) is 11.5 Å². The van der Waals surface area contributed by atoms with E-state index in [1.807, 2.05) is 109 Å². The number of amides is 1. The largest absolute Gasteiger partial charge is 0.480 e. The van der Waals surface area contributed by atoms with Crippen molar-refractivity contribution in [2.24, 2.45) is 5.73 Å². The molecule has 5 aromatic carbocycles. The van der Waals surface area contributed by atoms with Crippen molar-refractivity contribution >= 4 is 28.4 Å². The minimum atomic E-state index is -0.530. The number of nitrogens with one attached hydrogen (secondary N) is 2. The molecule has 0 saturated carbocycles. The molecule has 0 bridgehead atoms. The van der Waals surface area contributed by atoms with Crippen LogP contribution in [-0.2, 0) is 19.4 Å². The number of aromatic nitrogens is 1. The Morgan fingerprint density at radius 3 is 2.02 bits per heavy atom. The first-order valence-corrected chi connectivity index (χ1v) is 16.0. The molecule has 234 valence electrons. The summed E-state index contributed by atoms with van der Waals surface area (Å²) in [5.74, 6) is 1.00. The number of nitrogens with two attached hydrogens (primary N) is 1. The molecule has 7 heteroatoms. The normalized spacial score (nSPS) is 15.7. The summed E-state index contributed by atoms with van der Waals surface area (Å²) in [6, 6.07) is 41.5. The van der Waals surface area contributed by atoms with E-state index in [2.05, 4.69) is 34.6 Å². The molecular formula is C40H34ClN3O3. The molecule has 2 unspecified atom stereocenters. The number of para-hydroxylation sites is 3. The molecule has 2 atom stereocenters.